The zero-order chi connectivity index (χ0) is 24.8. The van der Waals surface area contributed by atoms with E-state index < -0.39 is 5.91 Å². The molecule has 0 unspecified atom stereocenters. The Morgan fingerprint density at radius 3 is 2.54 bits per heavy atom. The van der Waals surface area contributed by atoms with E-state index in [-0.39, 0.29) is 29.2 Å². The number of rotatable bonds is 8. The van der Waals surface area contributed by atoms with Gasteiger partial charge in [-0.2, -0.15) is 0 Å². The molecule has 1 saturated heterocycles. The maximum Gasteiger partial charge on any atom is 0.255 e. The quantitative estimate of drug-likeness (QED) is 0.433. The van der Waals surface area contributed by atoms with E-state index in [1.807, 2.05) is 11.0 Å². The molecule has 2 aromatic carbocycles. The second kappa shape index (κ2) is 10.5. The van der Waals surface area contributed by atoms with Crippen LogP contribution in [-0.4, -0.2) is 41.8 Å². The van der Waals surface area contributed by atoms with Gasteiger partial charge in [-0.3, -0.25) is 14.4 Å². The predicted octanol–water partition coefficient (Wildman–Crippen LogP) is 3.11. The Labute approximate surface area is 202 Å². The molecule has 0 spiro atoms. The normalized spacial score (nSPS) is 14.7. The van der Waals surface area contributed by atoms with Crippen LogP contribution in [0.1, 0.15) is 27.1 Å². The third kappa shape index (κ3) is 5.83. The summed E-state index contributed by atoms with van der Waals surface area (Å²) in [5.74, 6) is 0.223. The van der Waals surface area contributed by atoms with Crippen LogP contribution in [0.15, 0.2) is 79.5 Å². The summed E-state index contributed by atoms with van der Waals surface area (Å²) in [6, 6.07) is 17.3. The van der Waals surface area contributed by atoms with Crippen LogP contribution >= 0.6 is 0 Å². The molecule has 35 heavy (non-hydrogen) atoms. The Morgan fingerprint density at radius 2 is 1.86 bits per heavy atom. The van der Waals surface area contributed by atoms with Crippen molar-refractivity contribution in [1.29, 1.82) is 0 Å². The van der Waals surface area contributed by atoms with E-state index in [0.717, 1.165) is 6.42 Å². The van der Waals surface area contributed by atoms with Crippen molar-refractivity contribution in [2.45, 2.75) is 12.5 Å². The first-order valence-electron chi connectivity index (χ1n) is 11.0. The van der Waals surface area contributed by atoms with E-state index in [9.17, 15) is 14.4 Å². The van der Waals surface area contributed by atoms with Crippen molar-refractivity contribution in [2.75, 3.05) is 23.3 Å². The second-order valence-electron chi connectivity index (χ2n) is 7.99. The van der Waals surface area contributed by atoms with Crippen LogP contribution in [0, 0.1) is 0 Å². The monoisotopic (exact) mass is 471 g/mol. The van der Waals surface area contributed by atoms with Gasteiger partial charge < -0.3 is 26.0 Å². The molecule has 9 heteroatoms. The molecule has 0 radical (unpaired) electrons. The van der Waals surface area contributed by atoms with Gasteiger partial charge in [-0.25, -0.2) is 4.98 Å². The van der Waals surface area contributed by atoms with Crippen LogP contribution < -0.4 is 26.0 Å². The van der Waals surface area contributed by atoms with Crippen LogP contribution in [0.4, 0.5) is 11.5 Å². The third-order valence-electron chi connectivity index (χ3n) is 5.54. The van der Waals surface area contributed by atoms with Gasteiger partial charge in [0.25, 0.3) is 11.8 Å². The maximum absolute atomic E-state index is 12.3. The van der Waals surface area contributed by atoms with Crippen LogP contribution in [0.2, 0.25) is 0 Å². The zero-order valence-electron chi connectivity index (χ0n) is 18.9. The molecule has 1 fully saturated rings. The van der Waals surface area contributed by atoms with Crippen molar-refractivity contribution < 1.29 is 19.1 Å². The summed E-state index contributed by atoms with van der Waals surface area (Å²) in [5, 5.41) is 5.71. The molecule has 3 aromatic rings. The van der Waals surface area contributed by atoms with Gasteiger partial charge in [0.1, 0.15) is 22.9 Å². The molecule has 1 aromatic heterocycles. The zero-order valence-corrected chi connectivity index (χ0v) is 18.9. The smallest absolute Gasteiger partial charge is 0.255 e. The summed E-state index contributed by atoms with van der Waals surface area (Å²) in [7, 11) is 0. The minimum absolute atomic E-state index is 0.0267. The van der Waals surface area contributed by atoms with E-state index >= 15 is 0 Å². The van der Waals surface area contributed by atoms with Crippen molar-refractivity contribution in [3.05, 3.63) is 90.6 Å². The molecule has 1 aliphatic rings. The lowest BCUT2D eigenvalue weighted by Crippen LogP contribution is -2.36. The number of primary amides is 1. The first-order valence-corrected chi connectivity index (χ1v) is 11.0. The summed E-state index contributed by atoms with van der Waals surface area (Å²) < 4.78 is 5.96. The first kappa shape index (κ1) is 23.5. The van der Waals surface area contributed by atoms with Crippen LogP contribution in [0.3, 0.4) is 0 Å². The Bertz CT molecular complexity index is 1240. The van der Waals surface area contributed by atoms with Gasteiger partial charge in [0.05, 0.1) is 0 Å². The van der Waals surface area contributed by atoms with E-state index in [2.05, 4.69) is 22.2 Å². The largest absolute Gasteiger partial charge is 0.456 e. The highest BCUT2D eigenvalue weighted by Gasteiger charge is 2.25. The topological polar surface area (TPSA) is 127 Å². The van der Waals surface area contributed by atoms with Gasteiger partial charge in [0.2, 0.25) is 5.91 Å². The summed E-state index contributed by atoms with van der Waals surface area (Å²) in [6.45, 7) is 4.72. The number of aromatic nitrogens is 1. The second-order valence-corrected chi connectivity index (χ2v) is 7.99. The van der Waals surface area contributed by atoms with Gasteiger partial charge in [-0.1, -0.05) is 24.8 Å². The number of amides is 3. The highest BCUT2D eigenvalue weighted by Crippen LogP contribution is 2.30. The summed E-state index contributed by atoms with van der Waals surface area (Å²) in [4.78, 5) is 42.2. The number of nitrogens with two attached hydrogens (primary N) is 1. The number of ether oxygens (including phenoxy) is 1. The number of hydrogen-bond acceptors (Lipinski definition) is 6. The molecule has 0 saturated carbocycles. The van der Waals surface area contributed by atoms with Crippen molar-refractivity contribution in [3.63, 3.8) is 0 Å². The van der Waals surface area contributed by atoms with Crippen LogP contribution in [0.25, 0.3) is 0 Å². The number of pyridine rings is 1. The molecule has 0 aliphatic carbocycles. The lowest BCUT2D eigenvalue weighted by molar-refractivity contribution is -0.117. The van der Waals surface area contributed by atoms with Crippen molar-refractivity contribution in [1.82, 2.24) is 10.3 Å². The van der Waals surface area contributed by atoms with Crippen LogP contribution in [0.5, 0.6) is 11.5 Å². The minimum atomic E-state index is -0.664. The van der Waals surface area contributed by atoms with Crippen molar-refractivity contribution in [3.8, 4) is 11.5 Å². The number of nitrogens with one attached hydrogen (secondary N) is 2. The fourth-order valence-electron chi connectivity index (χ4n) is 3.74. The molecular formula is C26H25N5O4. The molecule has 4 N–H and O–H groups in total. The van der Waals surface area contributed by atoms with Gasteiger partial charge in [0.15, 0.2) is 0 Å². The lowest BCUT2D eigenvalue weighted by atomic mass is 10.2. The Hall–Kier alpha value is -4.66. The van der Waals surface area contributed by atoms with E-state index in [1.54, 1.807) is 54.6 Å². The average Bonchev–Trinajstić information content (AvgIpc) is 3.34. The number of carbonyl (C=O) groups excluding carboxylic acids is 3. The molecule has 4 rings (SSSR count). The highest BCUT2D eigenvalue weighted by molar-refractivity contribution is 6.04. The summed E-state index contributed by atoms with van der Waals surface area (Å²) in [6.07, 6.45) is 3.38. The van der Waals surface area contributed by atoms with Gasteiger partial charge >= 0.3 is 0 Å². The molecule has 3 amide bonds. The van der Waals surface area contributed by atoms with Gasteiger partial charge in [0, 0.05) is 42.6 Å². The average molecular weight is 472 g/mol. The Kier molecular flexibility index (Phi) is 7.06. The molecule has 2 heterocycles. The number of carbonyl (C=O) groups is 3. The number of hydrogen-bond donors (Lipinski definition) is 3. The maximum atomic E-state index is 12.3. The summed E-state index contributed by atoms with van der Waals surface area (Å²) in [5.41, 5.74) is 6.82. The molecule has 1 atom stereocenters. The fourth-order valence-corrected chi connectivity index (χ4v) is 3.74. The van der Waals surface area contributed by atoms with Crippen molar-refractivity contribution >= 4 is 29.2 Å². The molecule has 1 aliphatic heterocycles. The standard InChI is InChI=1S/C26H25N5O4/c1-2-24(32)29-19-12-13-31(16-19)23-14-22(21(15-28-23)25(27)33)35-20-10-8-18(9-11-20)30-26(34)17-6-4-3-5-7-17/h2-11,14-15,19H,1,12-13,16H2,(H2,27,33)(H,29,32)(H,30,34)/t19-/m0/s1. The SMILES string of the molecule is C=CC(=O)N[C@H]1CCN(c2cc(Oc3ccc(NC(=O)c4ccccc4)cc3)c(C(N)=O)cn2)C1. The van der Waals surface area contributed by atoms with E-state index in [0.29, 0.717) is 35.9 Å². The highest BCUT2D eigenvalue weighted by atomic mass is 16.5. The van der Waals surface area contributed by atoms with E-state index in [4.69, 9.17) is 10.5 Å². The Balaban J connectivity index is 1.47. The predicted molar refractivity (Wildman–Crippen MR) is 133 cm³/mol. The van der Waals surface area contributed by atoms with E-state index in [1.165, 1.54) is 12.3 Å². The molecule has 0 bridgehead atoms. The molecular weight excluding hydrogens is 446 g/mol. The molecule has 178 valence electrons. The third-order valence-corrected chi connectivity index (χ3v) is 5.54. The number of nitrogens with zero attached hydrogens (tertiary/aromatic N) is 2. The number of benzene rings is 2. The van der Waals surface area contributed by atoms with Crippen LogP contribution in [-0.2, 0) is 4.79 Å². The lowest BCUT2D eigenvalue weighted by Gasteiger charge is -2.19. The van der Waals surface area contributed by atoms with Crippen molar-refractivity contribution in [2.24, 2.45) is 5.73 Å². The Morgan fingerprint density at radius 1 is 1.11 bits per heavy atom. The van der Waals surface area contributed by atoms with Gasteiger partial charge in [-0.05, 0) is 48.9 Å². The first-order chi connectivity index (χ1) is 16.9. The molecule has 9 nitrogen and oxygen atoms in total. The summed E-state index contributed by atoms with van der Waals surface area (Å²) >= 11 is 0. The fraction of sp³-hybridized carbons (Fsp3) is 0.154. The van der Waals surface area contributed by atoms with Gasteiger partial charge in [-0.15, -0.1) is 0 Å². The number of anilines is 2. The minimum Gasteiger partial charge on any atom is -0.456 e.